The Bertz CT molecular complexity index is 542. The first kappa shape index (κ1) is 12.4. The molecule has 2 N–H and O–H groups in total. The SMILES string of the molecule is CC(c1ccccc1F)N(C)c1cc(N)ccn1. The second kappa shape index (κ2) is 5.04. The molecule has 1 aromatic carbocycles. The van der Waals surface area contributed by atoms with Crippen molar-refractivity contribution in [1.82, 2.24) is 4.98 Å². The molecule has 0 saturated heterocycles. The lowest BCUT2D eigenvalue weighted by Gasteiger charge is -2.26. The molecule has 94 valence electrons. The number of hydrogen-bond donors (Lipinski definition) is 1. The molecule has 2 rings (SSSR count). The van der Waals surface area contributed by atoms with Gasteiger partial charge >= 0.3 is 0 Å². The van der Waals surface area contributed by atoms with Gasteiger partial charge in [0.05, 0.1) is 6.04 Å². The molecular weight excluding hydrogens is 229 g/mol. The molecule has 0 aliphatic heterocycles. The minimum atomic E-state index is -0.208. The van der Waals surface area contributed by atoms with Gasteiger partial charge in [-0.25, -0.2) is 9.37 Å². The van der Waals surface area contributed by atoms with E-state index in [1.807, 2.05) is 24.9 Å². The van der Waals surface area contributed by atoms with Crippen LogP contribution in [0.2, 0.25) is 0 Å². The average molecular weight is 245 g/mol. The molecule has 3 nitrogen and oxygen atoms in total. The van der Waals surface area contributed by atoms with Crippen LogP contribution in [0.3, 0.4) is 0 Å². The van der Waals surface area contributed by atoms with E-state index in [1.165, 1.54) is 6.07 Å². The summed E-state index contributed by atoms with van der Waals surface area (Å²) in [5, 5.41) is 0. The van der Waals surface area contributed by atoms with E-state index in [1.54, 1.807) is 30.5 Å². The zero-order valence-electron chi connectivity index (χ0n) is 10.5. The minimum Gasteiger partial charge on any atom is -0.399 e. The third-order valence-electron chi connectivity index (χ3n) is 3.07. The largest absolute Gasteiger partial charge is 0.399 e. The van der Waals surface area contributed by atoms with Crippen molar-refractivity contribution in [3.63, 3.8) is 0 Å². The second-order valence-electron chi connectivity index (χ2n) is 4.26. The lowest BCUT2D eigenvalue weighted by atomic mass is 10.1. The highest BCUT2D eigenvalue weighted by atomic mass is 19.1. The summed E-state index contributed by atoms with van der Waals surface area (Å²) in [5.74, 6) is 0.520. The Morgan fingerprint density at radius 1 is 1.28 bits per heavy atom. The molecule has 0 aliphatic rings. The van der Waals surface area contributed by atoms with Crippen molar-refractivity contribution in [3.05, 3.63) is 54.0 Å². The summed E-state index contributed by atoms with van der Waals surface area (Å²) < 4.78 is 13.7. The first-order valence-corrected chi connectivity index (χ1v) is 5.78. The summed E-state index contributed by atoms with van der Waals surface area (Å²) >= 11 is 0. The predicted octanol–water partition coefficient (Wildman–Crippen LogP) is 3.00. The number of benzene rings is 1. The van der Waals surface area contributed by atoms with Gasteiger partial charge in [0.1, 0.15) is 11.6 Å². The number of halogens is 1. The highest BCUT2D eigenvalue weighted by Crippen LogP contribution is 2.26. The molecule has 0 amide bonds. The van der Waals surface area contributed by atoms with E-state index in [0.29, 0.717) is 11.3 Å². The molecule has 1 atom stereocenters. The van der Waals surface area contributed by atoms with E-state index in [0.717, 1.165) is 5.82 Å². The third kappa shape index (κ3) is 2.42. The quantitative estimate of drug-likeness (QED) is 0.903. The molecular formula is C14H16FN3. The van der Waals surface area contributed by atoms with E-state index in [2.05, 4.69) is 4.98 Å². The summed E-state index contributed by atoms with van der Waals surface area (Å²) in [6, 6.07) is 10.2. The Balaban J connectivity index is 2.29. The first-order chi connectivity index (χ1) is 8.59. The van der Waals surface area contributed by atoms with Crippen LogP contribution in [0.15, 0.2) is 42.6 Å². The first-order valence-electron chi connectivity index (χ1n) is 5.78. The molecule has 0 spiro atoms. The number of aromatic nitrogens is 1. The Kier molecular flexibility index (Phi) is 3.46. The van der Waals surface area contributed by atoms with Crippen molar-refractivity contribution in [2.24, 2.45) is 0 Å². The van der Waals surface area contributed by atoms with Crippen LogP contribution < -0.4 is 10.6 Å². The summed E-state index contributed by atoms with van der Waals surface area (Å²) in [4.78, 5) is 6.14. The summed E-state index contributed by atoms with van der Waals surface area (Å²) in [5.41, 5.74) is 7.01. The van der Waals surface area contributed by atoms with Crippen LogP contribution in [0, 0.1) is 5.82 Å². The smallest absolute Gasteiger partial charge is 0.130 e. The molecule has 0 aliphatic carbocycles. The van der Waals surface area contributed by atoms with Crippen LogP contribution in [0.5, 0.6) is 0 Å². The van der Waals surface area contributed by atoms with Gasteiger partial charge in [-0.1, -0.05) is 18.2 Å². The lowest BCUT2D eigenvalue weighted by molar-refractivity contribution is 0.584. The van der Waals surface area contributed by atoms with E-state index in [-0.39, 0.29) is 11.9 Å². The normalized spacial score (nSPS) is 12.2. The van der Waals surface area contributed by atoms with Gasteiger partial charge in [-0.15, -0.1) is 0 Å². The molecule has 0 saturated carbocycles. The van der Waals surface area contributed by atoms with Crippen molar-refractivity contribution in [2.45, 2.75) is 13.0 Å². The van der Waals surface area contributed by atoms with Crippen LogP contribution in [0.25, 0.3) is 0 Å². The average Bonchev–Trinajstić information content (AvgIpc) is 2.37. The lowest BCUT2D eigenvalue weighted by Crippen LogP contribution is -2.23. The van der Waals surface area contributed by atoms with Gasteiger partial charge in [0, 0.05) is 30.6 Å². The zero-order valence-corrected chi connectivity index (χ0v) is 10.5. The van der Waals surface area contributed by atoms with Crippen LogP contribution >= 0.6 is 0 Å². The number of nitrogens with zero attached hydrogens (tertiary/aromatic N) is 2. The standard InChI is InChI=1S/C14H16FN3/c1-10(12-5-3-4-6-13(12)15)18(2)14-9-11(16)7-8-17-14/h3-10H,1-2H3,(H2,16,17). The molecule has 4 heteroatoms. The number of anilines is 2. The van der Waals surface area contributed by atoms with Crippen molar-refractivity contribution in [1.29, 1.82) is 0 Å². The fourth-order valence-electron chi connectivity index (χ4n) is 1.85. The highest BCUT2D eigenvalue weighted by Gasteiger charge is 2.16. The Hall–Kier alpha value is -2.10. The van der Waals surface area contributed by atoms with Gasteiger partial charge < -0.3 is 10.6 Å². The van der Waals surface area contributed by atoms with Crippen LogP contribution in [0.1, 0.15) is 18.5 Å². The van der Waals surface area contributed by atoms with E-state index in [9.17, 15) is 4.39 Å². The van der Waals surface area contributed by atoms with Gasteiger partial charge in [-0.05, 0) is 19.1 Å². The number of nitrogens with two attached hydrogens (primary N) is 1. The Labute approximate surface area is 106 Å². The van der Waals surface area contributed by atoms with Crippen LogP contribution in [-0.4, -0.2) is 12.0 Å². The predicted molar refractivity (Wildman–Crippen MR) is 71.9 cm³/mol. The second-order valence-corrected chi connectivity index (χ2v) is 4.26. The van der Waals surface area contributed by atoms with Crippen molar-refractivity contribution in [2.75, 3.05) is 17.7 Å². The number of hydrogen-bond acceptors (Lipinski definition) is 3. The van der Waals surface area contributed by atoms with Gasteiger partial charge in [-0.3, -0.25) is 0 Å². The van der Waals surface area contributed by atoms with E-state index < -0.39 is 0 Å². The molecule has 2 aromatic rings. The van der Waals surface area contributed by atoms with Gasteiger partial charge in [0.2, 0.25) is 0 Å². The molecule has 0 bridgehead atoms. The van der Waals surface area contributed by atoms with Crippen molar-refractivity contribution >= 4 is 11.5 Å². The number of pyridine rings is 1. The van der Waals surface area contributed by atoms with Gasteiger partial charge in [0.25, 0.3) is 0 Å². The van der Waals surface area contributed by atoms with Crippen molar-refractivity contribution < 1.29 is 4.39 Å². The van der Waals surface area contributed by atoms with Crippen molar-refractivity contribution in [3.8, 4) is 0 Å². The zero-order chi connectivity index (χ0) is 13.1. The summed E-state index contributed by atoms with van der Waals surface area (Å²) in [7, 11) is 1.87. The molecule has 1 heterocycles. The van der Waals surface area contributed by atoms with Crippen LogP contribution in [-0.2, 0) is 0 Å². The monoisotopic (exact) mass is 245 g/mol. The summed E-state index contributed by atoms with van der Waals surface area (Å²) in [6.45, 7) is 1.93. The maximum atomic E-state index is 13.7. The maximum absolute atomic E-state index is 13.7. The molecule has 18 heavy (non-hydrogen) atoms. The fraction of sp³-hybridized carbons (Fsp3) is 0.214. The topological polar surface area (TPSA) is 42.1 Å². The third-order valence-corrected chi connectivity index (χ3v) is 3.07. The molecule has 1 aromatic heterocycles. The Morgan fingerprint density at radius 2 is 2.00 bits per heavy atom. The minimum absolute atomic E-state index is 0.111. The molecule has 0 radical (unpaired) electrons. The molecule has 1 unspecified atom stereocenters. The summed E-state index contributed by atoms with van der Waals surface area (Å²) in [6.07, 6.45) is 1.65. The number of nitrogen functional groups attached to an aromatic ring is 1. The number of rotatable bonds is 3. The fourth-order valence-corrected chi connectivity index (χ4v) is 1.85. The van der Waals surface area contributed by atoms with Gasteiger partial charge in [-0.2, -0.15) is 0 Å². The van der Waals surface area contributed by atoms with E-state index in [4.69, 9.17) is 5.73 Å². The van der Waals surface area contributed by atoms with Gasteiger partial charge in [0.15, 0.2) is 0 Å². The molecule has 0 fully saturated rings. The highest BCUT2D eigenvalue weighted by molar-refractivity contribution is 5.51. The maximum Gasteiger partial charge on any atom is 0.130 e. The van der Waals surface area contributed by atoms with E-state index >= 15 is 0 Å². The Morgan fingerprint density at radius 3 is 2.67 bits per heavy atom. The van der Waals surface area contributed by atoms with Crippen LogP contribution in [0.4, 0.5) is 15.9 Å².